The fraction of sp³-hybridized carbons (Fsp3) is 0.476. The van der Waals surface area contributed by atoms with E-state index in [1.807, 2.05) is 4.90 Å². The van der Waals surface area contributed by atoms with Crippen LogP contribution in [0.15, 0.2) is 30.5 Å². The smallest absolute Gasteiger partial charge is 0.237 e. The third-order valence-corrected chi connectivity index (χ3v) is 5.59. The van der Waals surface area contributed by atoms with Crippen LogP contribution in [0.25, 0.3) is 11.1 Å². The van der Waals surface area contributed by atoms with Crippen LogP contribution in [0.5, 0.6) is 0 Å². The molecule has 0 radical (unpaired) electrons. The summed E-state index contributed by atoms with van der Waals surface area (Å²) < 4.78 is 18.8. The van der Waals surface area contributed by atoms with Gasteiger partial charge < -0.3 is 15.4 Å². The quantitative estimate of drug-likeness (QED) is 0.849. The molecule has 2 saturated heterocycles. The van der Waals surface area contributed by atoms with Crippen LogP contribution in [0.4, 0.5) is 10.3 Å². The molecule has 1 aromatic carbocycles. The highest BCUT2D eigenvalue weighted by Crippen LogP contribution is 2.36. The number of likely N-dealkylation sites (tertiary alicyclic amines) is 1. The summed E-state index contributed by atoms with van der Waals surface area (Å²) in [5, 5.41) is 0. The fourth-order valence-corrected chi connectivity index (χ4v) is 4.07. The first-order chi connectivity index (χ1) is 14.1. The normalized spacial score (nSPS) is 20.6. The molecule has 8 heteroatoms. The Kier molecular flexibility index (Phi) is 6.01. The zero-order valence-corrected chi connectivity index (χ0v) is 16.4. The molecule has 0 bridgehead atoms. The molecule has 1 amide bonds. The van der Waals surface area contributed by atoms with Crippen LogP contribution < -0.4 is 5.73 Å². The molecular weight excluding hydrogens is 373 g/mol. The average molecular weight is 399 g/mol. The first-order valence-electron chi connectivity index (χ1n) is 10.1. The van der Waals surface area contributed by atoms with Crippen molar-refractivity contribution in [2.45, 2.75) is 25.3 Å². The molecule has 2 fully saturated rings. The number of benzene rings is 1. The van der Waals surface area contributed by atoms with Gasteiger partial charge >= 0.3 is 0 Å². The van der Waals surface area contributed by atoms with Crippen LogP contribution in [0, 0.1) is 5.82 Å². The monoisotopic (exact) mass is 399 g/mol. The van der Waals surface area contributed by atoms with Gasteiger partial charge in [-0.05, 0) is 37.0 Å². The van der Waals surface area contributed by atoms with Crippen LogP contribution in [0.3, 0.4) is 0 Å². The molecule has 4 rings (SSSR count). The predicted molar refractivity (Wildman–Crippen MR) is 107 cm³/mol. The number of aromatic nitrogens is 2. The van der Waals surface area contributed by atoms with Gasteiger partial charge in [-0.1, -0.05) is 12.1 Å². The second-order valence-corrected chi connectivity index (χ2v) is 7.52. The molecule has 1 atom stereocenters. The van der Waals surface area contributed by atoms with Gasteiger partial charge in [-0.25, -0.2) is 14.4 Å². The van der Waals surface area contributed by atoms with Gasteiger partial charge in [-0.2, -0.15) is 0 Å². The number of amides is 1. The molecule has 2 aliphatic heterocycles. The van der Waals surface area contributed by atoms with Crippen molar-refractivity contribution in [2.24, 2.45) is 0 Å². The highest BCUT2D eigenvalue weighted by molar-refractivity contribution is 5.79. The van der Waals surface area contributed by atoms with Crippen LogP contribution in [0.1, 0.15) is 31.0 Å². The molecule has 0 spiro atoms. The minimum absolute atomic E-state index is 0.0961. The number of nitrogen functional groups attached to an aromatic ring is 1. The Morgan fingerprint density at radius 2 is 1.93 bits per heavy atom. The summed E-state index contributed by atoms with van der Waals surface area (Å²) >= 11 is 0. The topological polar surface area (TPSA) is 84.6 Å². The lowest BCUT2D eigenvalue weighted by atomic mass is 9.93. The molecule has 1 unspecified atom stereocenters. The van der Waals surface area contributed by atoms with Crippen molar-refractivity contribution < 1.29 is 13.9 Å². The lowest BCUT2D eigenvalue weighted by Gasteiger charge is -2.38. The van der Waals surface area contributed by atoms with E-state index in [0.717, 1.165) is 49.2 Å². The Labute approximate surface area is 169 Å². The first-order valence-corrected chi connectivity index (χ1v) is 10.1. The van der Waals surface area contributed by atoms with E-state index in [-0.39, 0.29) is 23.7 Å². The van der Waals surface area contributed by atoms with Gasteiger partial charge in [0.1, 0.15) is 5.82 Å². The van der Waals surface area contributed by atoms with Crippen molar-refractivity contribution in [3.05, 3.63) is 42.0 Å². The summed E-state index contributed by atoms with van der Waals surface area (Å²) in [4.78, 5) is 25.9. The van der Waals surface area contributed by atoms with E-state index >= 15 is 0 Å². The summed E-state index contributed by atoms with van der Waals surface area (Å²) in [5.41, 5.74) is 8.23. The molecule has 3 heterocycles. The number of halogens is 1. The van der Waals surface area contributed by atoms with Crippen LogP contribution in [-0.4, -0.2) is 65.1 Å². The SMILES string of the molecule is Nc1ncc(-c2ccc(F)cc2)c(C2CCCCN2C(=O)CN2CCOCC2)n1. The number of carbonyl (C=O) groups is 1. The number of nitrogens with two attached hydrogens (primary N) is 1. The molecule has 1 aromatic heterocycles. The van der Waals surface area contributed by atoms with Gasteiger partial charge in [-0.3, -0.25) is 9.69 Å². The van der Waals surface area contributed by atoms with Crippen molar-refractivity contribution in [1.82, 2.24) is 19.8 Å². The van der Waals surface area contributed by atoms with Crippen molar-refractivity contribution in [3.63, 3.8) is 0 Å². The second kappa shape index (κ2) is 8.84. The Bertz CT molecular complexity index is 855. The Hall–Kier alpha value is -2.58. The third kappa shape index (κ3) is 4.54. The van der Waals surface area contributed by atoms with Crippen LogP contribution in [-0.2, 0) is 9.53 Å². The van der Waals surface area contributed by atoms with Crippen molar-refractivity contribution in [2.75, 3.05) is 45.1 Å². The van der Waals surface area contributed by atoms with Gasteiger partial charge in [0.15, 0.2) is 0 Å². The van der Waals surface area contributed by atoms with Crippen molar-refractivity contribution in [1.29, 1.82) is 0 Å². The molecular formula is C21H26FN5O2. The van der Waals surface area contributed by atoms with Crippen molar-refractivity contribution >= 4 is 11.9 Å². The van der Waals surface area contributed by atoms with Crippen LogP contribution in [0.2, 0.25) is 0 Å². The molecule has 7 nitrogen and oxygen atoms in total. The van der Waals surface area contributed by atoms with E-state index in [0.29, 0.717) is 26.3 Å². The highest BCUT2D eigenvalue weighted by Gasteiger charge is 2.32. The highest BCUT2D eigenvalue weighted by atomic mass is 19.1. The van der Waals surface area contributed by atoms with E-state index in [2.05, 4.69) is 14.9 Å². The number of carbonyl (C=O) groups excluding carboxylic acids is 1. The summed E-state index contributed by atoms with van der Waals surface area (Å²) in [6, 6.07) is 6.07. The van der Waals surface area contributed by atoms with E-state index < -0.39 is 0 Å². The van der Waals surface area contributed by atoms with Crippen LogP contribution >= 0.6 is 0 Å². The van der Waals surface area contributed by atoms with Gasteiger partial charge in [-0.15, -0.1) is 0 Å². The average Bonchev–Trinajstić information content (AvgIpc) is 2.75. The molecule has 0 aliphatic carbocycles. The Balaban J connectivity index is 1.63. The number of hydrogen-bond donors (Lipinski definition) is 1. The van der Waals surface area contributed by atoms with E-state index in [1.54, 1.807) is 18.3 Å². The number of nitrogens with zero attached hydrogens (tertiary/aromatic N) is 4. The first kappa shape index (κ1) is 19.7. The minimum atomic E-state index is -0.299. The minimum Gasteiger partial charge on any atom is -0.379 e. The fourth-order valence-electron chi connectivity index (χ4n) is 4.07. The molecule has 2 aliphatic rings. The lowest BCUT2D eigenvalue weighted by Crippen LogP contribution is -2.47. The number of rotatable bonds is 4. The number of anilines is 1. The summed E-state index contributed by atoms with van der Waals surface area (Å²) in [6.45, 7) is 3.94. The third-order valence-electron chi connectivity index (χ3n) is 5.59. The molecule has 154 valence electrons. The molecule has 29 heavy (non-hydrogen) atoms. The Morgan fingerprint density at radius 3 is 2.69 bits per heavy atom. The zero-order valence-electron chi connectivity index (χ0n) is 16.4. The predicted octanol–water partition coefficient (Wildman–Crippen LogP) is 2.25. The molecule has 0 saturated carbocycles. The number of hydrogen-bond acceptors (Lipinski definition) is 6. The maximum absolute atomic E-state index is 13.4. The maximum atomic E-state index is 13.4. The zero-order chi connectivity index (χ0) is 20.2. The van der Waals surface area contributed by atoms with E-state index in [9.17, 15) is 9.18 Å². The number of ether oxygens (including phenoxy) is 1. The van der Waals surface area contributed by atoms with Crippen molar-refractivity contribution in [3.8, 4) is 11.1 Å². The summed E-state index contributed by atoms with van der Waals surface area (Å²) in [7, 11) is 0. The van der Waals surface area contributed by atoms with Gasteiger partial charge in [0, 0.05) is 31.4 Å². The lowest BCUT2D eigenvalue weighted by molar-refractivity contribution is -0.137. The largest absolute Gasteiger partial charge is 0.379 e. The molecule has 2 N–H and O–H groups in total. The second-order valence-electron chi connectivity index (χ2n) is 7.52. The number of piperidine rings is 1. The Morgan fingerprint density at radius 1 is 1.17 bits per heavy atom. The van der Waals surface area contributed by atoms with Gasteiger partial charge in [0.2, 0.25) is 11.9 Å². The summed E-state index contributed by atoms with van der Waals surface area (Å²) in [6.07, 6.45) is 4.47. The number of morpholine rings is 1. The van der Waals surface area contributed by atoms with Gasteiger partial charge in [0.05, 0.1) is 31.5 Å². The standard InChI is InChI=1S/C21H26FN5O2/c22-16-6-4-15(5-7-16)17-13-24-21(23)25-20(17)18-3-1-2-8-27(18)19(28)14-26-9-11-29-12-10-26/h4-7,13,18H,1-3,8-12,14H2,(H2,23,24,25). The summed E-state index contributed by atoms with van der Waals surface area (Å²) in [5.74, 6) is -0.0255. The van der Waals surface area contributed by atoms with Gasteiger partial charge in [0.25, 0.3) is 0 Å². The van der Waals surface area contributed by atoms with E-state index in [4.69, 9.17) is 10.5 Å². The maximum Gasteiger partial charge on any atom is 0.237 e. The van der Waals surface area contributed by atoms with E-state index in [1.165, 1.54) is 12.1 Å². The molecule has 2 aromatic rings.